The van der Waals surface area contributed by atoms with E-state index in [-0.39, 0.29) is 5.91 Å². The number of nitrogens with one attached hydrogen (secondary N) is 1. The van der Waals surface area contributed by atoms with Crippen molar-refractivity contribution in [2.24, 2.45) is 5.73 Å². The van der Waals surface area contributed by atoms with Crippen LogP contribution in [0, 0.1) is 0 Å². The molecule has 0 spiro atoms. The minimum absolute atomic E-state index is 0.0601. The number of rotatable bonds is 7. The van der Waals surface area contributed by atoms with Crippen molar-refractivity contribution in [2.75, 3.05) is 19.6 Å². The predicted octanol–water partition coefficient (Wildman–Crippen LogP) is 1.53. The second-order valence-electron chi connectivity index (χ2n) is 5.55. The molecule has 3 N–H and O–H groups in total. The van der Waals surface area contributed by atoms with Crippen LogP contribution in [-0.4, -0.2) is 41.5 Å². The number of amides is 1. The largest absolute Gasteiger partial charge is 0.354 e. The molecule has 21 heavy (non-hydrogen) atoms. The van der Waals surface area contributed by atoms with Gasteiger partial charge in [-0.05, 0) is 25.8 Å². The lowest BCUT2D eigenvalue weighted by Gasteiger charge is -2.35. The van der Waals surface area contributed by atoms with Crippen molar-refractivity contribution in [3.05, 3.63) is 16.1 Å². The number of thiazole rings is 1. The van der Waals surface area contributed by atoms with Gasteiger partial charge in [0.15, 0.2) is 0 Å². The number of aromatic nitrogens is 1. The van der Waals surface area contributed by atoms with Crippen LogP contribution in [0.1, 0.15) is 43.3 Å². The predicted molar refractivity (Wildman–Crippen MR) is 86.2 cm³/mol. The molecule has 1 aromatic heterocycles. The Morgan fingerprint density at radius 3 is 3.14 bits per heavy atom. The quantitative estimate of drug-likeness (QED) is 0.801. The van der Waals surface area contributed by atoms with Gasteiger partial charge in [-0.1, -0.05) is 13.3 Å². The molecule has 6 heteroatoms. The molecule has 1 unspecified atom stereocenters. The van der Waals surface area contributed by atoms with Crippen LogP contribution in [-0.2, 0) is 17.8 Å². The van der Waals surface area contributed by atoms with Crippen LogP contribution in [0.15, 0.2) is 5.38 Å². The van der Waals surface area contributed by atoms with Gasteiger partial charge in [-0.15, -0.1) is 11.3 Å². The molecule has 1 saturated heterocycles. The van der Waals surface area contributed by atoms with Gasteiger partial charge in [0, 0.05) is 37.5 Å². The zero-order chi connectivity index (χ0) is 15.1. The van der Waals surface area contributed by atoms with Crippen LogP contribution in [0.25, 0.3) is 0 Å². The summed E-state index contributed by atoms with van der Waals surface area (Å²) in [5.41, 5.74) is 6.57. The summed E-state index contributed by atoms with van der Waals surface area (Å²) in [5.74, 6) is 0.0601. The zero-order valence-electron chi connectivity index (χ0n) is 12.8. The molecule has 2 rings (SSSR count). The van der Waals surface area contributed by atoms with Gasteiger partial charge in [0.05, 0.1) is 10.7 Å². The molecular weight excluding hydrogens is 284 g/mol. The molecule has 2 heterocycles. The Kier molecular flexibility index (Phi) is 6.60. The van der Waals surface area contributed by atoms with Crippen LogP contribution in [0.4, 0.5) is 0 Å². The van der Waals surface area contributed by atoms with Crippen LogP contribution in [0.5, 0.6) is 0 Å². The standard InChI is InChI=1S/C15H26N4OS/c1-2-15-18-12(11-21-15)10-19-8-4-3-5-13(19)9-17-14(20)6-7-16/h11,13H,2-10,16H2,1H3,(H,17,20). The highest BCUT2D eigenvalue weighted by atomic mass is 32.1. The fourth-order valence-electron chi connectivity index (χ4n) is 2.74. The number of likely N-dealkylation sites (tertiary alicyclic amines) is 1. The van der Waals surface area contributed by atoms with Crippen molar-refractivity contribution in [3.8, 4) is 0 Å². The second-order valence-corrected chi connectivity index (χ2v) is 6.49. The third kappa shape index (κ3) is 5.05. The van der Waals surface area contributed by atoms with Crippen molar-refractivity contribution < 1.29 is 4.79 Å². The lowest BCUT2D eigenvalue weighted by molar-refractivity contribution is -0.121. The molecule has 5 nitrogen and oxygen atoms in total. The van der Waals surface area contributed by atoms with Crippen LogP contribution in [0.2, 0.25) is 0 Å². The molecule has 0 aromatic carbocycles. The maximum Gasteiger partial charge on any atom is 0.221 e. The summed E-state index contributed by atoms with van der Waals surface area (Å²) in [7, 11) is 0. The van der Waals surface area contributed by atoms with E-state index in [0.717, 1.165) is 38.2 Å². The van der Waals surface area contributed by atoms with Crippen molar-refractivity contribution in [1.82, 2.24) is 15.2 Å². The first kappa shape index (κ1) is 16.4. The molecule has 118 valence electrons. The SMILES string of the molecule is CCc1nc(CN2CCCCC2CNC(=O)CCN)cs1. The summed E-state index contributed by atoms with van der Waals surface area (Å²) in [6.07, 6.45) is 5.04. The van der Waals surface area contributed by atoms with E-state index in [4.69, 9.17) is 5.73 Å². The van der Waals surface area contributed by atoms with E-state index in [1.807, 2.05) is 0 Å². The van der Waals surface area contributed by atoms with E-state index in [0.29, 0.717) is 19.0 Å². The maximum atomic E-state index is 11.6. The van der Waals surface area contributed by atoms with Gasteiger partial charge in [-0.3, -0.25) is 9.69 Å². The smallest absolute Gasteiger partial charge is 0.221 e. The van der Waals surface area contributed by atoms with E-state index in [1.165, 1.54) is 17.8 Å². The summed E-state index contributed by atoms with van der Waals surface area (Å²) in [6.45, 7) is 5.27. The number of piperidine rings is 1. The number of hydrogen-bond acceptors (Lipinski definition) is 5. The first-order chi connectivity index (χ1) is 10.2. The van der Waals surface area contributed by atoms with Gasteiger partial charge in [-0.2, -0.15) is 0 Å². The molecule has 1 aliphatic rings. The normalized spacial score (nSPS) is 19.6. The third-order valence-corrected chi connectivity index (χ3v) is 4.96. The molecular formula is C15H26N4OS. The zero-order valence-corrected chi connectivity index (χ0v) is 13.6. The Balaban J connectivity index is 1.87. The molecule has 0 bridgehead atoms. The molecule has 1 atom stereocenters. The molecule has 1 aliphatic heterocycles. The summed E-state index contributed by atoms with van der Waals surface area (Å²) >= 11 is 1.74. The number of carbonyl (C=O) groups is 1. The minimum Gasteiger partial charge on any atom is -0.354 e. The average Bonchev–Trinajstić information content (AvgIpc) is 2.94. The molecule has 0 saturated carbocycles. The molecule has 0 aliphatic carbocycles. The first-order valence-electron chi connectivity index (χ1n) is 7.87. The summed E-state index contributed by atoms with van der Waals surface area (Å²) < 4.78 is 0. The Hall–Kier alpha value is -0.980. The highest BCUT2D eigenvalue weighted by Crippen LogP contribution is 2.20. The Labute approximate surface area is 130 Å². The Morgan fingerprint density at radius 1 is 1.57 bits per heavy atom. The van der Waals surface area contributed by atoms with Crippen molar-refractivity contribution in [1.29, 1.82) is 0 Å². The Bertz CT molecular complexity index is 449. The first-order valence-corrected chi connectivity index (χ1v) is 8.75. The lowest BCUT2D eigenvalue weighted by atomic mass is 10.0. The topological polar surface area (TPSA) is 71.2 Å². The number of nitrogens with two attached hydrogens (primary N) is 1. The lowest BCUT2D eigenvalue weighted by Crippen LogP contribution is -2.46. The molecule has 1 fully saturated rings. The summed E-state index contributed by atoms with van der Waals surface area (Å²) in [5, 5.41) is 6.37. The van der Waals surface area contributed by atoms with E-state index in [2.05, 4.69) is 27.5 Å². The minimum atomic E-state index is 0.0601. The average molecular weight is 310 g/mol. The van der Waals surface area contributed by atoms with Gasteiger partial charge in [-0.25, -0.2) is 4.98 Å². The van der Waals surface area contributed by atoms with E-state index < -0.39 is 0 Å². The third-order valence-electron chi connectivity index (χ3n) is 3.92. The number of carbonyl (C=O) groups excluding carboxylic acids is 1. The molecule has 1 amide bonds. The number of nitrogens with zero attached hydrogens (tertiary/aromatic N) is 2. The van der Waals surface area contributed by atoms with Crippen LogP contribution < -0.4 is 11.1 Å². The van der Waals surface area contributed by atoms with Gasteiger partial charge in [0.2, 0.25) is 5.91 Å². The van der Waals surface area contributed by atoms with Crippen molar-refractivity contribution in [3.63, 3.8) is 0 Å². The maximum absolute atomic E-state index is 11.6. The highest BCUT2D eigenvalue weighted by molar-refractivity contribution is 7.09. The van der Waals surface area contributed by atoms with Crippen LogP contribution >= 0.6 is 11.3 Å². The van der Waals surface area contributed by atoms with Crippen molar-refractivity contribution >= 4 is 17.2 Å². The fraction of sp³-hybridized carbons (Fsp3) is 0.733. The fourth-order valence-corrected chi connectivity index (χ4v) is 3.48. The summed E-state index contributed by atoms with van der Waals surface area (Å²) in [6, 6.07) is 0.423. The second kappa shape index (κ2) is 8.46. The van der Waals surface area contributed by atoms with Crippen molar-refractivity contribution in [2.45, 2.75) is 51.6 Å². The van der Waals surface area contributed by atoms with Gasteiger partial charge >= 0.3 is 0 Å². The molecule has 0 radical (unpaired) electrons. The Morgan fingerprint density at radius 2 is 2.43 bits per heavy atom. The number of hydrogen-bond donors (Lipinski definition) is 2. The monoisotopic (exact) mass is 310 g/mol. The van der Waals surface area contributed by atoms with Gasteiger partial charge < -0.3 is 11.1 Å². The highest BCUT2D eigenvalue weighted by Gasteiger charge is 2.23. The van der Waals surface area contributed by atoms with Crippen LogP contribution in [0.3, 0.4) is 0 Å². The summed E-state index contributed by atoms with van der Waals surface area (Å²) in [4.78, 5) is 18.7. The van der Waals surface area contributed by atoms with E-state index in [1.54, 1.807) is 11.3 Å². The van der Waals surface area contributed by atoms with Gasteiger partial charge in [0.1, 0.15) is 0 Å². The van der Waals surface area contributed by atoms with Gasteiger partial charge in [0.25, 0.3) is 0 Å². The number of aryl methyl sites for hydroxylation is 1. The van der Waals surface area contributed by atoms with E-state index in [9.17, 15) is 4.79 Å². The van der Waals surface area contributed by atoms with E-state index >= 15 is 0 Å². The molecule has 1 aromatic rings.